The van der Waals surface area contributed by atoms with Crippen LogP contribution in [-0.2, 0) is 32.0 Å². The number of carboxylic acids is 1. The number of hydrogen-bond donors (Lipinski definition) is 2. The molecule has 12 nitrogen and oxygen atoms in total. The molecule has 2 N–H and O–H groups in total. The molecule has 0 amide bonds. The minimum absolute atomic E-state index is 0.107. The molecule has 1 aliphatic carbocycles. The lowest BCUT2D eigenvalue weighted by Crippen LogP contribution is -2.53. The topological polar surface area (TPSA) is 129 Å². The van der Waals surface area contributed by atoms with Crippen LogP contribution in [0.2, 0.25) is 0 Å². The molecule has 1 unspecified atom stereocenters. The molecule has 2 aliphatic heterocycles. The number of methoxy groups -OCH3 is 2. The molecule has 3 aliphatic rings. The van der Waals surface area contributed by atoms with Crippen molar-refractivity contribution in [2.75, 3.05) is 26.1 Å². The fourth-order valence-corrected chi connectivity index (χ4v) is 8.35. The summed E-state index contributed by atoms with van der Waals surface area (Å²) in [6.07, 6.45) is 5.16. The third kappa shape index (κ3) is 7.48. The average molecular weight is 714 g/mol. The van der Waals surface area contributed by atoms with Gasteiger partial charge in [0.05, 0.1) is 19.6 Å². The highest BCUT2D eigenvalue weighted by atomic mass is 16.8. The highest BCUT2D eigenvalue weighted by Crippen LogP contribution is 2.46. The zero-order chi connectivity index (χ0) is 36.6. The lowest BCUT2D eigenvalue weighted by molar-refractivity contribution is -0.199. The van der Waals surface area contributed by atoms with Crippen LogP contribution in [0.25, 0.3) is 11.0 Å². The molecular formula is C40H51N5O7. The van der Waals surface area contributed by atoms with Gasteiger partial charge in [0.25, 0.3) is 0 Å². The Morgan fingerprint density at radius 2 is 1.83 bits per heavy atom. The van der Waals surface area contributed by atoms with E-state index < -0.39 is 18.0 Å². The first-order valence-electron chi connectivity index (χ1n) is 18.3. The first-order valence-corrected chi connectivity index (χ1v) is 18.3. The van der Waals surface area contributed by atoms with Crippen LogP contribution in [0.1, 0.15) is 64.3 Å². The Morgan fingerprint density at radius 3 is 2.54 bits per heavy atom. The summed E-state index contributed by atoms with van der Waals surface area (Å²) in [6.45, 7) is 9.53. The van der Waals surface area contributed by atoms with Gasteiger partial charge in [-0.2, -0.15) is 0 Å². The monoisotopic (exact) mass is 713 g/mol. The lowest BCUT2D eigenvalue weighted by atomic mass is 9.68. The zero-order valence-corrected chi connectivity index (χ0v) is 30.9. The van der Waals surface area contributed by atoms with Crippen LogP contribution >= 0.6 is 0 Å². The van der Waals surface area contributed by atoms with Crippen molar-refractivity contribution < 1.29 is 33.6 Å². The predicted octanol–water partition coefficient (Wildman–Crippen LogP) is 6.30. The molecule has 1 saturated carbocycles. The van der Waals surface area contributed by atoms with Crippen molar-refractivity contribution in [2.45, 2.75) is 102 Å². The fraction of sp³-hybridized carbons (Fsp3) is 0.525. The number of carboxylic acid groups (broad SMARTS) is 1. The van der Waals surface area contributed by atoms with E-state index in [4.69, 9.17) is 28.7 Å². The molecule has 4 aromatic rings. The maximum atomic E-state index is 11.8. The van der Waals surface area contributed by atoms with Crippen molar-refractivity contribution in [1.29, 1.82) is 0 Å². The number of nitrogens with one attached hydrogen (secondary N) is 1. The van der Waals surface area contributed by atoms with Gasteiger partial charge in [0.1, 0.15) is 47.6 Å². The maximum absolute atomic E-state index is 11.8. The number of rotatable bonds is 15. The summed E-state index contributed by atoms with van der Waals surface area (Å²) in [5, 5.41) is 14.1. The Bertz CT molecular complexity index is 1840. The second-order valence-electron chi connectivity index (χ2n) is 15.1. The summed E-state index contributed by atoms with van der Waals surface area (Å²) in [5.41, 5.74) is 2.90. The average Bonchev–Trinajstić information content (AvgIpc) is 3.77. The molecule has 3 fully saturated rings. The van der Waals surface area contributed by atoms with Crippen LogP contribution < -0.4 is 14.8 Å². The third-order valence-corrected chi connectivity index (χ3v) is 11.0. The molecule has 12 heteroatoms. The SMILES string of the molecule is COc1ccc(CNc2ncnc3c2ccn3[C@@H]2O[C@H](CN(C(C)C)C3CC(C(CC(=O)O)Cc4ccccc4)C3)[C@H]3OC(C)(C)O[C@H]32)c(OC)c1. The number of ether oxygens (including phenoxy) is 5. The quantitative estimate of drug-likeness (QED) is 0.144. The van der Waals surface area contributed by atoms with Crippen LogP contribution in [-0.4, -0.2) is 87.5 Å². The smallest absolute Gasteiger partial charge is 0.303 e. The largest absolute Gasteiger partial charge is 0.497 e. The van der Waals surface area contributed by atoms with Gasteiger partial charge in [-0.3, -0.25) is 9.69 Å². The Morgan fingerprint density at radius 1 is 1.06 bits per heavy atom. The summed E-state index contributed by atoms with van der Waals surface area (Å²) in [6, 6.07) is 18.6. The van der Waals surface area contributed by atoms with Crippen molar-refractivity contribution >= 4 is 22.8 Å². The fourth-order valence-electron chi connectivity index (χ4n) is 8.35. The van der Waals surface area contributed by atoms with E-state index in [1.165, 1.54) is 5.56 Å². The number of anilines is 1. The summed E-state index contributed by atoms with van der Waals surface area (Å²) in [5.74, 6) is 1.14. The summed E-state index contributed by atoms with van der Waals surface area (Å²) < 4.78 is 32.9. The van der Waals surface area contributed by atoms with Gasteiger partial charge < -0.3 is 38.7 Å². The molecule has 278 valence electrons. The van der Waals surface area contributed by atoms with Gasteiger partial charge in [-0.15, -0.1) is 0 Å². The maximum Gasteiger partial charge on any atom is 0.303 e. The van der Waals surface area contributed by atoms with Crippen LogP contribution in [0.4, 0.5) is 5.82 Å². The van der Waals surface area contributed by atoms with Crippen LogP contribution in [0.15, 0.2) is 67.1 Å². The van der Waals surface area contributed by atoms with Crippen LogP contribution in [0.5, 0.6) is 11.5 Å². The van der Waals surface area contributed by atoms with E-state index in [0.29, 0.717) is 30.9 Å². The third-order valence-electron chi connectivity index (χ3n) is 11.0. The molecule has 2 aromatic carbocycles. The van der Waals surface area contributed by atoms with Crippen molar-refractivity contribution in [3.05, 3.63) is 78.2 Å². The molecule has 4 heterocycles. The normalized spacial score (nSPS) is 25.6. The molecule has 5 atom stereocenters. The van der Waals surface area contributed by atoms with Crippen molar-refractivity contribution in [3.8, 4) is 11.5 Å². The molecule has 0 spiro atoms. The number of aliphatic carboxylic acids is 1. The number of benzene rings is 2. The first kappa shape index (κ1) is 36.1. The number of aromatic nitrogens is 3. The van der Waals surface area contributed by atoms with Crippen molar-refractivity contribution in [2.24, 2.45) is 11.8 Å². The highest BCUT2D eigenvalue weighted by Gasteiger charge is 2.57. The highest BCUT2D eigenvalue weighted by molar-refractivity contribution is 5.87. The minimum Gasteiger partial charge on any atom is -0.497 e. The number of fused-ring (bicyclic) bond motifs is 2. The van der Waals surface area contributed by atoms with Gasteiger partial charge in [-0.05, 0) is 82.6 Å². The Kier molecular flexibility index (Phi) is 10.4. The lowest BCUT2D eigenvalue weighted by Gasteiger charge is -2.48. The number of nitrogens with zero attached hydrogens (tertiary/aromatic N) is 4. The number of carbonyl (C=O) groups is 1. The van der Waals surface area contributed by atoms with Gasteiger partial charge in [0.15, 0.2) is 12.0 Å². The molecule has 0 radical (unpaired) electrons. The number of hydrogen-bond acceptors (Lipinski definition) is 10. The molecular weight excluding hydrogens is 662 g/mol. The van der Waals surface area contributed by atoms with Crippen LogP contribution in [0.3, 0.4) is 0 Å². The standard InChI is InChI=1S/C40H51N5O7/c1-24(2)45(29-17-28(18-29)27(19-34(46)47)16-25-10-8-7-9-11-25)22-33-35-36(52-40(3,4)51-35)39(50-33)44-15-14-31-37(42-23-43-38(31)44)41-21-26-12-13-30(48-5)20-32(26)49-6/h7-15,20,23-24,27-29,33,35-36,39H,16-19,21-22H2,1-6H3,(H,46,47)(H,41,42,43)/t27?,28?,29?,33-,35-,36-,39-/m1/s1. The Balaban J connectivity index is 1.07. The van der Waals surface area contributed by atoms with Gasteiger partial charge in [0, 0.05) is 49.4 Å². The molecule has 52 heavy (non-hydrogen) atoms. The van der Waals surface area contributed by atoms with Crippen molar-refractivity contribution in [3.63, 3.8) is 0 Å². The molecule has 2 saturated heterocycles. The first-order chi connectivity index (χ1) is 25.0. The van der Waals surface area contributed by atoms with Gasteiger partial charge in [-0.1, -0.05) is 30.3 Å². The van der Waals surface area contributed by atoms with Crippen molar-refractivity contribution in [1.82, 2.24) is 19.4 Å². The predicted molar refractivity (Wildman–Crippen MR) is 196 cm³/mol. The van der Waals surface area contributed by atoms with Gasteiger partial charge >= 0.3 is 5.97 Å². The molecule has 0 bridgehead atoms. The minimum atomic E-state index is -0.761. The van der Waals surface area contributed by atoms with E-state index in [9.17, 15) is 9.90 Å². The zero-order valence-electron chi connectivity index (χ0n) is 30.9. The van der Waals surface area contributed by atoms with E-state index in [1.807, 2.05) is 67.1 Å². The van der Waals surface area contributed by atoms with E-state index in [-0.39, 0.29) is 36.7 Å². The van der Waals surface area contributed by atoms with Crippen LogP contribution in [0, 0.1) is 11.8 Å². The second-order valence-corrected chi connectivity index (χ2v) is 15.1. The Hall–Kier alpha value is -4.23. The Labute approximate surface area is 305 Å². The van der Waals surface area contributed by atoms with E-state index in [0.717, 1.165) is 47.4 Å². The van der Waals surface area contributed by atoms with E-state index in [1.54, 1.807) is 20.5 Å². The van der Waals surface area contributed by atoms with E-state index in [2.05, 4.69) is 41.2 Å². The summed E-state index contributed by atoms with van der Waals surface area (Å²) in [7, 11) is 3.28. The summed E-state index contributed by atoms with van der Waals surface area (Å²) >= 11 is 0. The van der Waals surface area contributed by atoms with Gasteiger partial charge in [0.2, 0.25) is 0 Å². The van der Waals surface area contributed by atoms with E-state index >= 15 is 0 Å². The molecule has 7 rings (SSSR count). The van der Waals surface area contributed by atoms with Gasteiger partial charge in [-0.25, -0.2) is 9.97 Å². The molecule has 2 aromatic heterocycles. The second kappa shape index (κ2) is 15.0. The summed E-state index contributed by atoms with van der Waals surface area (Å²) in [4.78, 5) is 23.6.